The Bertz CT molecular complexity index is 476. The standard InChI is InChI=1S/C16H24N2O2S/c1-5-20-14-8-6-13(7-9-14)16-18(11-10-17(3)4)15(19)12(2)21-16/h6-9,12,16H,5,10-11H2,1-4H3/p+1/t12-,16-/m0/s1. The number of benzene rings is 1. The molecular weight excluding hydrogens is 284 g/mol. The van der Waals surface area contributed by atoms with Crippen LogP contribution in [0.25, 0.3) is 0 Å². The summed E-state index contributed by atoms with van der Waals surface area (Å²) in [5, 5.41) is 0.168. The maximum atomic E-state index is 12.3. The summed E-state index contributed by atoms with van der Waals surface area (Å²) in [6.45, 7) is 6.41. The Kier molecular flexibility index (Phi) is 5.53. The summed E-state index contributed by atoms with van der Waals surface area (Å²) in [5.74, 6) is 1.13. The van der Waals surface area contributed by atoms with Gasteiger partial charge < -0.3 is 14.5 Å². The van der Waals surface area contributed by atoms with Crippen LogP contribution in [0.2, 0.25) is 0 Å². The first-order chi connectivity index (χ1) is 10.0. The molecule has 1 aliphatic rings. The number of hydrogen-bond donors (Lipinski definition) is 1. The van der Waals surface area contributed by atoms with Gasteiger partial charge in [0, 0.05) is 0 Å². The lowest BCUT2D eigenvalue weighted by Crippen LogP contribution is -3.06. The van der Waals surface area contributed by atoms with Gasteiger partial charge in [-0.1, -0.05) is 12.1 Å². The molecule has 1 aromatic rings. The Labute approximate surface area is 131 Å². The number of ether oxygens (including phenoxy) is 1. The van der Waals surface area contributed by atoms with E-state index < -0.39 is 0 Å². The van der Waals surface area contributed by atoms with E-state index in [4.69, 9.17) is 4.74 Å². The molecule has 0 aromatic heterocycles. The number of hydrogen-bond acceptors (Lipinski definition) is 3. The Hall–Kier alpha value is -1.20. The lowest BCUT2D eigenvalue weighted by molar-refractivity contribution is -0.857. The quantitative estimate of drug-likeness (QED) is 0.857. The first kappa shape index (κ1) is 16.2. The van der Waals surface area contributed by atoms with E-state index in [0.29, 0.717) is 6.61 Å². The SMILES string of the molecule is CCOc1ccc([C@@H]2S[C@@H](C)C(=O)N2CC[NH+](C)C)cc1. The molecule has 1 aromatic carbocycles. The van der Waals surface area contributed by atoms with Crippen molar-refractivity contribution in [2.45, 2.75) is 24.5 Å². The van der Waals surface area contributed by atoms with Gasteiger partial charge in [0.15, 0.2) is 0 Å². The average Bonchev–Trinajstić information content (AvgIpc) is 2.74. The van der Waals surface area contributed by atoms with Crippen LogP contribution in [-0.4, -0.2) is 49.8 Å². The van der Waals surface area contributed by atoms with Gasteiger partial charge in [-0.2, -0.15) is 0 Å². The van der Waals surface area contributed by atoms with Gasteiger partial charge in [-0.05, 0) is 31.5 Å². The average molecular weight is 309 g/mol. The zero-order valence-electron chi connectivity index (χ0n) is 13.3. The molecule has 4 nitrogen and oxygen atoms in total. The monoisotopic (exact) mass is 309 g/mol. The smallest absolute Gasteiger partial charge is 0.236 e. The van der Waals surface area contributed by atoms with E-state index in [9.17, 15) is 4.79 Å². The van der Waals surface area contributed by atoms with Crippen molar-refractivity contribution >= 4 is 17.7 Å². The van der Waals surface area contributed by atoms with Crippen LogP contribution >= 0.6 is 11.8 Å². The van der Waals surface area contributed by atoms with Crippen LogP contribution in [0, 0.1) is 0 Å². The predicted octanol–water partition coefficient (Wildman–Crippen LogP) is 1.19. The molecule has 21 heavy (non-hydrogen) atoms. The highest BCUT2D eigenvalue weighted by molar-refractivity contribution is 8.01. The molecule has 2 atom stereocenters. The first-order valence-corrected chi connectivity index (χ1v) is 8.45. The number of quaternary nitrogens is 1. The highest BCUT2D eigenvalue weighted by Gasteiger charge is 2.38. The number of thioether (sulfide) groups is 1. The van der Waals surface area contributed by atoms with E-state index in [0.717, 1.165) is 18.8 Å². The lowest BCUT2D eigenvalue weighted by Gasteiger charge is -2.24. The van der Waals surface area contributed by atoms with Gasteiger partial charge in [-0.3, -0.25) is 4.79 Å². The van der Waals surface area contributed by atoms with Gasteiger partial charge in [0.1, 0.15) is 11.1 Å². The van der Waals surface area contributed by atoms with Crippen molar-refractivity contribution in [3.63, 3.8) is 0 Å². The van der Waals surface area contributed by atoms with E-state index in [2.05, 4.69) is 26.2 Å². The zero-order valence-corrected chi connectivity index (χ0v) is 14.1. The Balaban J connectivity index is 2.13. The molecule has 1 amide bonds. The molecule has 5 heteroatoms. The highest BCUT2D eigenvalue weighted by Crippen LogP contribution is 2.42. The van der Waals surface area contributed by atoms with E-state index in [1.807, 2.05) is 30.9 Å². The molecule has 0 aliphatic carbocycles. The van der Waals surface area contributed by atoms with Gasteiger partial charge in [0.25, 0.3) is 0 Å². The fourth-order valence-corrected chi connectivity index (χ4v) is 3.71. The Morgan fingerprint density at radius 2 is 1.95 bits per heavy atom. The van der Waals surface area contributed by atoms with E-state index in [-0.39, 0.29) is 16.5 Å². The molecule has 2 rings (SSSR count). The number of nitrogens with zero attached hydrogens (tertiary/aromatic N) is 1. The predicted molar refractivity (Wildman–Crippen MR) is 86.8 cm³/mol. The number of carbonyl (C=O) groups excluding carboxylic acids is 1. The molecule has 0 radical (unpaired) electrons. The topological polar surface area (TPSA) is 34.0 Å². The van der Waals surface area contributed by atoms with Crippen LogP contribution in [0.3, 0.4) is 0 Å². The zero-order chi connectivity index (χ0) is 15.4. The maximum absolute atomic E-state index is 12.3. The van der Waals surface area contributed by atoms with Crippen LogP contribution in [-0.2, 0) is 4.79 Å². The molecule has 1 fully saturated rings. The number of rotatable bonds is 6. The second-order valence-corrected chi connectivity index (χ2v) is 7.05. The van der Waals surface area contributed by atoms with Crippen LogP contribution in [0.5, 0.6) is 5.75 Å². The maximum Gasteiger partial charge on any atom is 0.236 e. The van der Waals surface area contributed by atoms with Crippen molar-refractivity contribution in [1.82, 2.24) is 4.90 Å². The van der Waals surface area contributed by atoms with Gasteiger partial charge in [-0.15, -0.1) is 11.8 Å². The molecule has 0 saturated carbocycles. The van der Waals surface area contributed by atoms with E-state index in [1.165, 1.54) is 10.5 Å². The molecule has 1 heterocycles. The summed E-state index contributed by atoms with van der Waals surface area (Å²) in [6, 6.07) is 8.12. The minimum absolute atomic E-state index is 0.0405. The molecular formula is C16H25N2O2S+. The summed E-state index contributed by atoms with van der Waals surface area (Å²) in [6.07, 6.45) is 0. The van der Waals surface area contributed by atoms with Crippen molar-refractivity contribution in [3.8, 4) is 5.75 Å². The molecule has 0 spiro atoms. The van der Waals surface area contributed by atoms with E-state index >= 15 is 0 Å². The molecule has 0 unspecified atom stereocenters. The third kappa shape index (κ3) is 3.92. The highest BCUT2D eigenvalue weighted by atomic mass is 32.2. The van der Waals surface area contributed by atoms with Gasteiger partial charge in [0.2, 0.25) is 5.91 Å². The molecule has 1 N–H and O–H groups in total. The largest absolute Gasteiger partial charge is 0.494 e. The Morgan fingerprint density at radius 3 is 2.52 bits per heavy atom. The van der Waals surface area contributed by atoms with Crippen molar-refractivity contribution in [2.75, 3.05) is 33.8 Å². The summed E-state index contributed by atoms with van der Waals surface area (Å²) >= 11 is 1.73. The second kappa shape index (κ2) is 7.18. The fourth-order valence-electron chi connectivity index (χ4n) is 2.40. The Morgan fingerprint density at radius 1 is 1.29 bits per heavy atom. The lowest BCUT2D eigenvalue weighted by atomic mass is 10.2. The number of amides is 1. The normalized spacial score (nSPS) is 22.1. The van der Waals surface area contributed by atoms with Crippen LogP contribution in [0.15, 0.2) is 24.3 Å². The second-order valence-electron chi connectivity index (χ2n) is 5.62. The first-order valence-electron chi connectivity index (χ1n) is 7.50. The molecule has 1 aliphatic heterocycles. The summed E-state index contributed by atoms with van der Waals surface area (Å²) in [4.78, 5) is 15.7. The molecule has 116 valence electrons. The number of nitrogens with one attached hydrogen (secondary N) is 1. The summed E-state index contributed by atoms with van der Waals surface area (Å²) in [7, 11) is 4.23. The third-order valence-electron chi connectivity index (χ3n) is 3.58. The van der Waals surface area contributed by atoms with Crippen LogP contribution in [0.1, 0.15) is 24.8 Å². The van der Waals surface area contributed by atoms with Crippen molar-refractivity contribution in [3.05, 3.63) is 29.8 Å². The summed E-state index contributed by atoms with van der Waals surface area (Å²) in [5.41, 5.74) is 1.18. The molecule has 1 saturated heterocycles. The van der Waals surface area contributed by atoms with Gasteiger partial charge in [0.05, 0.1) is 39.0 Å². The number of carbonyl (C=O) groups is 1. The van der Waals surface area contributed by atoms with E-state index in [1.54, 1.807) is 11.8 Å². The van der Waals surface area contributed by atoms with Gasteiger partial charge >= 0.3 is 0 Å². The third-order valence-corrected chi connectivity index (χ3v) is 4.97. The summed E-state index contributed by atoms with van der Waals surface area (Å²) < 4.78 is 5.48. The van der Waals surface area contributed by atoms with Crippen molar-refractivity contribution in [2.24, 2.45) is 0 Å². The number of likely N-dealkylation sites (N-methyl/N-ethyl adjacent to an activating group) is 1. The van der Waals surface area contributed by atoms with Crippen LogP contribution in [0.4, 0.5) is 0 Å². The minimum Gasteiger partial charge on any atom is -0.494 e. The minimum atomic E-state index is 0.0405. The van der Waals surface area contributed by atoms with Crippen molar-refractivity contribution < 1.29 is 14.4 Å². The molecule has 0 bridgehead atoms. The fraction of sp³-hybridized carbons (Fsp3) is 0.562. The van der Waals surface area contributed by atoms with Gasteiger partial charge in [-0.25, -0.2) is 0 Å². The van der Waals surface area contributed by atoms with Crippen LogP contribution < -0.4 is 9.64 Å². The van der Waals surface area contributed by atoms with Crippen molar-refractivity contribution in [1.29, 1.82) is 0 Å².